The maximum atomic E-state index is 15.2. The number of hydrogen-bond donors (Lipinski definition) is 1. The molecule has 2 aromatic carbocycles. The number of carbonyl (C=O) groups excluding carboxylic acids is 3. The average molecular weight is 568 g/mol. The SMILES string of the molecule is COc1cc(CC(=O)N2C[C@@H](F)C[C@H]2CO[C@H]2CC[C@H](C=O)CC2)c(F)cc1NC(=O)c1cn(C)c2ccccc12. The van der Waals surface area contributed by atoms with Gasteiger partial charge in [0.25, 0.3) is 5.91 Å². The molecule has 0 bridgehead atoms. The number of benzene rings is 2. The van der Waals surface area contributed by atoms with Crippen molar-refractivity contribution in [2.24, 2.45) is 13.0 Å². The van der Waals surface area contributed by atoms with Crippen LogP contribution in [0.5, 0.6) is 5.75 Å². The Morgan fingerprint density at radius 2 is 1.90 bits per heavy atom. The Morgan fingerprint density at radius 1 is 1.15 bits per heavy atom. The summed E-state index contributed by atoms with van der Waals surface area (Å²) < 4.78 is 42.9. The van der Waals surface area contributed by atoms with E-state index in [1.807, 2.05) is 35.9 Å². The monoisotopic (exact) mass is 567 g/mol. The number of fused-ring (bicyclic) bond motifs is 1. The number of para-hydroxylation sites is 1. The highest BCUT2D eigenvalue weighted by Gasteiger charge is 2.36. The normalized spacial score (nSPS) is 22.6. The summed E-state index contributed by atoms with van der Waals surface area (Å²) in [7, 11) is 3.24. The van der Waals surface area contributed by atoms with Gasteiger partial charge in [-0.15, -0.1) is 0 Å². The summed E-state index contributed by atoms with van der Waals surface area (Å²) in [5.74, 6) is -1.23. The van der Waals surface area contributed by atoms with Crippen molar-refractivity contribution in [2.45, 2.75) is 56.8 Å². The first-order valence-corrected chi connectivity index (χ1v) is 14.0. The number of aryl methyl sites for hydroxylation is 1. The minimum atomic E-state index is -1.18. The molecule has 1 aliphatic carbocycles. The molecule has 0 radical (unpaired) electrons. The number of halogens is 2. The van der Waals surface area contributed by atoms with Crippen molar-refractivity contribution in [3.8, 4) is 5.75 Å². The number of carbonyl (C=O) groups is 3. The number of ether oxygens (including phenoxy) is 2. The second-order valence-electron chi connectivity index (χ2n) is 11.0. The Labute approximate surface area is 237 Å². The van der Waals surface area contributed by atoms with E-state index in [9.17, 15) is 18.8 Å². The summed E-state index contributed by atoms with van der Waals surface area (Å²) in [6, 6.07) is 9.57. The molecule has 8 nitrogen and oxygen atoms in total. The number of rotatable bonds is 9. The van der Waals surface area contributed by atoms with Crippen LogP contribution < -0.4 is 10.1 Å². The molecule has 2 aliphatic rings. The van der Waals surface area contributed by atoms with Gasteiger partial charge >= 0.3 is 0 Å². The van der Waals surface area contributed by atoms with E-state index in [0.29, 0.717) is 5.56 Å². The zero-order chi connectivity index (χ0) is 29.1. The molecule has 1 saturated carbocycles. The van der Waals surface area contributed by atoms with Crippen LogP contribution in [0.4, 0.5) is 14.5 Å². The maximum absolute atomic E-state index is 15.2. The second-order valence-corrected chi connectivity index (χ2v) is 11.0. The molecule has 1 saturated heterocycles. The smallest absolute Gasteiger partial charge is 0.257 e. The van der Waals surface area contributed by atoms with E-state index >= 15 is 4.39 Å². The van der Waals surface area contributed by atoms with E-state index in [4.69, 9.17) is 9.47 Å². The number of aldehydes is 1. The van der Waals surface area contributed by atoms with Crippen LogP contribution in [0.15, 0.2) is 42.6 Å². The number of likely N-dealkylation sites (tertiary alicyclic amines) is 1. The van der Waals surface area contributed by atoms with Crippen LogP contribution >= 0.6 is 0 Å². The summed E-state index contributed by atoms with van der Waals surface area (Å²) in [4.78, 5) is 38.7. The Hall–Kier alpha value is -3.79. The Kier molecular flexibility index (Phi) is 8.68. The van der Waals surface area contributed by atoms with Gasteiger partial charge in [0.05, 0.1) is 50.1 Å². The van der Waals surface area contributed by atoms with E-state index in [0.717, 1.165) is 48.9 Å². The Bertz CT molecular complexity index is 1430. The van der Waals surface area contributed by atoms with Crippen molar-refractivity contribution in [1.29, 1.82) is 0 Å². The molecule has 1 N–H and O–H groups in total. The van der Waals surface area contributed by atoms with Crippen molar-refractivity contribution in [2.75, 3.05) is 25.6 Å². The molecule has 2 fully saturated rings. The van der Waals surface area contributed by atoms with Crippen molar-refractivity contribution in [3.05, 3.63) is 59.5 Å². The van der Waals surface area contributed by atoms with Crippen molar-refractivity contribution >= 4 is 34.7 Å². The van der Waals surface area contributed by atoms with E-state index in [-0.39, 0.29) is 55.0 Å². The second kappa shape index (κ2) is 12.4. The van der Waals surface area contributed by atoms with Crippen LogP contribution in [0.3, 0.4) is 0 Å². The molecule has 3 aromatic rings. The van der Waals surface area contributed by atoms with Crippen LogP contribution in [0.25, 0.3) is 10.9 Å². The number of methoxy groups -OCH3 is 1. The average Bonchev–Trinajstić information content (AvgIpc) is 3.53. The van der Waals surface area contributed by atoms with Crippen molar-refractivity contribution in [3.63, 3.8) is 0 Å². The molecular formula is C31H35F2N3O5. The molecule has 5 rings (SSSR count). The highest BCUT2D eigenvalue weighted by Crippen LogP contribution is 2.31. The first-order chi connectivity index (χ1) is 19.8. The third kappa shape index (κ3) is 6.27. The molecule has 2 atom stereocenters. The van der Waals surface area contributed by atoms with Gasteiger partial charge in [0.1, 0.15) is 24.0 Å². The fourth-order valence-corrected chi connectivity index (χ4v) is 5.94. The van der Waals surface area contributed by atoms with Crippen LogP contribution in [-0.4, -0.2) is 66.1 Å². The van der Waals surface area contributed by atoms with Gasteiger partial charge in [-0.05, 0) is 37.8 Å². The molecule has 0 unspecified atom stereocenters. The Morgan fingerprint density at radius 3 is 2.63 bits per heavy atom. The minimum Gasteiger partial charge on any atom is -0.495 e. The third-order valence-corrected chi connectivity index (χ3v) is 8.22. The van der Waals surface area contributed by atoms with Crippen LogP contribution in [0.1, 0.15) is 48.0 Å². The summed E-state index contributed by atoms with van der Waals surface area (Å²) >= 11 is 0. The summed E-state index contributed by atoms with van der Waals surface area (Å²) in [6.07, 6.45) is 4.45. The van der Waals surface area contributed by atoms with Gasteiger partial charge in [-0.2, -0.15) is 0 Å². The maximum Gasteiger partial charge on any atom is 0.257 e. The highest BCUT2D eigenvalue weighted by atomic mass is 19.1. The largest absolute Gasteiger partial charge is 0.495 e. The number of alkyl halides is 1. The van der Waals surface area contributed by atoms with Gasteiger partial charge < -0.3 is 29.1 Å². The van der Waals surface area contributed by atoms with Crippen molar-refractivity contribution in [1.82, 2.24) is 9.47 Å². The Balaban J connectivity index is 1.25. The number of aromatic nitrogens is 1. The fraction of sp³-hybridized carbons (Fsp3) is 0.452. The standard InChI is InChI=1S/C31H35F2N3O5/c1-35-16-25(24-5-3-4-6-28(24)35)31(39)34-27-14-26(33)20(11-29(27)40-2)12-30(38)36-15-21(32)13-22(36)18-41-23-9-7-19(17-37)8-10-23/h3-6,11,14,16-17,19,21-23H,7-10,12-13,15,18H2,1-2H3,(H,34,39)/t19-,21-,22-,23-/m0/s1. The topological polar surface area (TPSA) is 89.9 Å². The van der Waals surface area contributed by atoms with Gasteiger partial charge in [-0.1, -0.05) is 18.2 Å². The lowest BCUT2D eigenvalue weighted by Crippen LogP contribution is -2.40. The molecule has 218 valence electrons. The van der Waals surface area contributed by atoms with Crippen LogP contribution in [0.2, 0.25) is 0 Å². The predicted molar refractivity (Wildman–Crippen MR) is 150 cm³/mol. The number of hydrogen-bond acceptors (Lipinski definition) is 5. The summed E-state index contributed by atoms with van der Waals surface area (Å²) in [6.45, 7) is 0.135. The molecule has 1 aliphatic heterocycles. The lowest BCUT2D eigenvalue weighted by Gasteiger charge is -2.29. The number of nitrogens with one attached hydrogen (secondary N) is 1. The van der Waals surface area contributed by atoms with Gasteiger partial charge in [0.2, 0.25) is 5.91 Å². The predicted octanol–water partition coefficient (Wildman–Crippen LogP) is 4.83. The van der Waals surface area contributed by atoms with Gasteiger partial charge in [0, 0.05) is 48.1 Å². The van der Waals surface area contributed by atoms with E-state index in [2.05, 4.69) is 5.32 Å². The minimum absolute atomic E-state index is 0.0138. The lowest BCUT2D eigenvalue weighted by molar-refractivity contribution is -0.133. The van der Waals surface area contributed by atoms with Crippen molar-refractivity contribution < 1.29 is 32.6 Å². The zero-order valence-electron chi connectivity index (χ0n) is 23.3. The molecule has 0 spiro atoms. The zero-order valence-corrected chi connectivity index (χ0v) is 23.3. The number of nitrogens with zero attached hydrogens (tertiary/aromatic N) is 2. The fourth-order valence-electron chi connectivity index (χ4n) is 5.94. The van der Waals surface area contributed by atoms with Gasteiger partial charge in [0.15, 0.2) is 0 Å². The highest BCUT2D eigenvalue weighted by molar-refractivity contribution is 6.13. The van der Waals surface area contributed by atoms with E-state index in [1.54, 1.807) is 6.20 Å². The molecule has 41 heavy (non-hydrogen) atoms. The molecule has 1 aromatic heterocycles. The molecule has 10 heteroatoms. The molecule has 2 amide bonds. The number of anilines is 1. The quantitative estimate of drug-likeness (QED) is 0.374. The number of amides is 2. The van der Waals surface area contributed by atoms with Crippen LogP contribution in [-0.2, 0) is 27.8 Å². The van der Waals surface area contributed by atoms with Gasteiger partial charge in [-0.25, -0.2) is 8.78 Å². The molecular weight excluding hydrogens is 532 g/mol. The summed E-state index contributed by atoms with van der Waals surface area (Å²) in [5, 5.41) is 3.49. The lowest BCUT2D eigenvalue weighted by atomic mass is 9.88. The third-order valence-electron chi connectivity index (χ3n) is 8.22. The van der Waals surface area contributed by atoms with E-state index in [1.165, 1.54) is 18.1 Å². The first kappa shape index (κ1) is 28.7. The molecule has 2 heterocycles. The van der Waals surface area contributed by atoms with Gasteiger partial charge in [-0.3, -0.25) is 9.59 Å². The first-order valence-electron chi connectivity index (χ1n) is 14.0. The summed E-state index contributed by atoms with van der Waals surface area (Å²) in [5.41, 5.74) is 1.55. The van der Waals surface area contributed by atoms with E-state index < -0.39 is 29.8 Å². The van der Waals surface area contributed by atoms with Crippen LogP contribution in [0, 0.1) is 11.7 Å².